The Hall–Kier alpha value is -1.95. The second-order valence-electron chi connectivity index (χ2n) is 4.94. The van der Waals surface area contributed by atoms with Gasteiger partial charge in [-0.05, 0) is 32.0 Å². The summed E-state index contributed by atoms with van der Waals surface area (Å²) in [5, 5.41) is 5.47. The first-order chi connectivity index (χ1) is 8.78. The van der Waals surface area contributed by atoms with Gasteiger partial charge in [0.25, 0.3) is 0 Å². The number of primary amides is 1. The molecule has 0 aliphatic heterocycles. The number of nitrogens with one attached hydrogen (secondary N) is 2. The molecule has 0 unspecified atom stereocenters. The Morgan fingerprint density at radius 1 is 1.37 bits per heavy atom. The molecule has 0 spiro atoms. The molecule has 0 radical (unpaired) electrons. The summed E-state index contributed by atoms with van der Waals surface area (Å²) in [4.78, 5) is 22.5. The molecular formula is C13H18FN3O2. The normalized spacial score (nSPS) is 11.1. The van der Waals surface area contributed by atoms with Gasteiger partial charge in [-0.15, -0.1) is 0 Å². The maximum atomic E-state index is 12.9. The third kappa shape index (κ3) is 5.96. The fourth-order valence-corrected chi connectivity index (χ4v) is 1.59. The molecule has 0 atom stereocenters. The zero-order valence-electron chi connectivity index (χ0n) is 11.0. The average Bonchev–Trinajstić information content (AvgIpc) is 2.25. The van der Waals surface area contributed by atoms with Crippen molar-refractivity contribution in [2.24, 2.45) is 5.73 Å². The van der Waals surface area contributed by atoms with Crippen molar-refractivity contribution in [1.82, 2.24) is 5.32 Å². The number of halogens is 1. The summed E-state index contributed by atoms with van der Waals surface area (Å²) in [5.74, 6) is -1.17. The van der Waals surface area contributed by atoms with Gasteiger partial charge in [0.05, 0.1) is 6.54 Å². The summed E-state index contributed by atoms with van der Waals surface area (Å²) in [6.07, 6.45) is 0.125. The summed E-state index contributed by atoms with van der Waals surface area (Å²) in [6, 6.07) is 5.63. The minimum atomic E-state index is -0.564. The van der Waals surface area contributed by atoms with Crippen LogP contribution in [0.4, 0.5) is 10.1 Å². The third-order valence-electron chi connectivity index (χ3n) is 2.45. The maximum absolute atomic E-state index is 12.9. The minimum absolute atomic E-state index is 0.0107. The van der Waals surface area contributed by atoms with Crippen LogP contribution in [-0.2, 0) is 9.59 Å². The molecule has 0 saturated carbocycles. The van der Waals surface area contributed by atoms with Gasteiger partial charge in [-0.2, -0.15) is 0 Å². The standard InChI is InChI=1S/C13H18FN3O2/c1-13(2,7-11(15)18)16-8-12(19)17-10-5-3-4-9(14)6-10/h3-6,16H,7-8H2,1-2H3,(H2,15,18)(H,17,19). The van der Waals surface area contributed by atoms with Crippen molar-refractivity contribution in [3.05, 3.63) is 30.1 Å². The number of hydrogen-bond acceptors (Lipinski definition) is 3. The van der Waals surface area contributed by atoms with E-state index in [0.29, 0.717) is 5.69 Å². The summed E-state index contributed by atoms with van der Waals surface area (Å²) >= 11 is 0. The molecular weight excluding hydrogens is 249 g/mol. The Morgan fingerprint density at radius 3 is 2.63 bits per heavy atom. The monoisotopic (exact) mass is 267 g/mol. The smallest absolute Gasteiger partial charge is 0.238 e. The SMILES string of the molecule is CC(C)(CC(N)=O)NCC(=O)Nc1cccc(F)c1. The minimum Gasteiger partial charge on any atom is -0.370 e. The Balaban J connectivity index is 2.46. The van der Waals surface area contributed by atoms with Gasteiger partial charge in [0.15, 0.2) is 0 Å². The van der Waals surface area contributed by atoms with Crippen LogP contribution in [-0.4, -0.2) is 23.9 Å². The predicted octanol–water partition coefficient (Wildman–Crippen LogP) is 1.01. The molecule has 2 amide bonds. The van der Waals surface area contributed by atoms with Crippen LogP contribution in [0.1, 0.15) is 20.3 Å². The van der Waals surface area contributed by atoms with Crippen LogP contribution in [0.2, 0.25) is 0 Å². The molecule has 6 heteroatoms. The second kappa shape index (κ2) is 6.29. The molecule has 1 rings (SSSR count). The zero-order valence-corrected chi connectivity index (χ0v) is 11.0. The highest BCUT2D eigenvalue weighted by Gasteiger charge is 2.20. The zero-order chi connectivity index (χ0) is 14.5. The molecule has 0 bridgehead atoms. The number of benzene rings is 1. The van der Waals surface area contributed by atoms with E-state index in [1.165, 1.54) is 18.2 Å². The summed E-state index contributed by atoms with van der Waals surface area (Å²) in [7, 11) is 0. The maximum Gasteiger partial charge on any atom is 0.238 e. The quantitative estimate of drug-likeness (QED) is 0.719. The van der Waals surface area contributed by atoms with Gasteiger partial charge in [-0.3, -0.25) is 9.59 Å². The first-order valence-corrected chi connectivity index (χ1v) is 5.87. The highest BCUT2D eigenvalue weighted by molar-refractivity contribution is 5.92. The third-order valence-corrected chi connectivity index (χ3v) is 2.45. The molecule has 0 aliphatic carbocycles. The second-order valence-corrected chi connectivity index (χ2v) is 4.94. The van der Waals surface area contributed by atoms with Crippen molar-refractivity contribution < 1.29 is 14.0 Å². The lowest BCUT2D eigenvalue weighted by Gasteiger charge is -2.24. The largest absolute Gasteiger partial charge is 0.370 e. The molecule has 0 aliphatic rings. The highest BCUT2D eigenvalue weighted by Crippen LogP contribution is 2.09. The van der Waals surface area contributed by atoms with Crippen molar-refractivity contribution in [3.8, 4) is 0 Å². The van der Waals surface area contributed by atoms with Crippen molar-refractivity contribution in [1.29, 1.82) is 0 Å². The molecule has 19 heavy (non-hydrogen) atoms. The number of nitrogens with two attached hydrogens (primary N) is 1. The summed E-state index contributed by atoms with van der Waals surface area (Å²) in [5.41, 5.74) is 4.93. The average molecular weight is 267 g/mol. The lowest BCUT2D eigenvalue weighted by Crippen LogP contribution is -2.46. The Bertz CT molecular complexity index is 475. The van der Waals surface area contributed by atoms with E-state index in [4.69, 9.17) is 5.73 Å². The predicted molar refractivity (Wildman–Crippen MR) is 70.9 cm³/mol. The van der Waals surface area contributed by atoms with E-state index in [9.17, 15) is 14.0 Å². The van der Waals surface area contributed by atoms with Crippen molar-refractivity contribution in [2.75, 3.05) is 11.9 Å². The van der Waals surface area contributed by atoms with Crippen LogP contribution in [0.25, 0.3) is 0 Å². The number of hydrogen-bond donors (Lipinski definition) is 3. The molecule has 0 heterocycles. The molecule has 104 valence electrons. The Kier molecular flexibility index (Phi) is 5.00. The topological polar surface area (TPSA) is 84.2 Å². The van der Waals surface area contributed by atoms with E-state index < -0.39 is 17.3 Å². The Morgan fingerprint density at radius 2 is 2.05 bits per heavy atom. The van der Waals surface area contributed by atoms with Gasteiger partial charge in [0.2, 0.25) is 11.8 Å². The van der Waals surface area contributed by atoms with Crippen LogP contribution in [0.5, 0.6) is 0 Å². The van der Waals surface area contributed by atoms with Crippen LogP contribution < -0.4 is 16.4 Å². The van der Waals surface area contributed by atoms with E-state index in [-0.39, 0.29) is 18.9 Å². The Labute approximate surface area is 111 Å². The van der Waals surface area contributed by atoms with E-state index in [1.54, 1.807) is 19.9 Å². The van der Waals surface area contributed by atoms with Crippen LogP contribution in [0, 0.1) is 5.82 Å². The molecule has 1 aromatic rings. The van der Waals surface area contributed by atoms with Gasteiger partial charge in [0, 0.05) is 17.6 Å². The molecule has 0 aromatic heterocycles. The van der Waals surface area contributed by atoms with E-state index in [1.807, 2.05) is 0 Å². The van der Waals surface area contributed by atoms with Crippen LogP contribution in [0.3, 0.4) is 0 Å². The van der Waals surface area contributed by atoms with Crippen LogP contribution >= 0.6 is 0 Å². The lowest BCUT2D eigenvalue weighted by molar-refractivity contribution is -0.120. The number of carbonyl (C=O) groups excluding carboxylic acids is 2. The lowest BCUT2D eigenvalue weighted by atomic mass is 10.0. The number of carbonyl (C=O) groups is 2. The van der Waals surface area contributed by atoms with Crippen molar-refractivity contribution in [2.45, 2.75) is 25.8 Å². The van der Waals surface area contributed by atoms with E-state index >= 15 is 0 Å². The fourth-order valence-electron chi connectivity index (χ4n) is 1.59. The van der Waals surface area contributed by atoms with Gasteiger partial charge in [0.1, 0.15) is 5.82 Å². The molecule has 0 saturated heterocycles. The molecule has 5 nitrogen and oxygen atoms in total. The summed E-state index contributed by atoms with van der Waals surface area (Å²) in [6.45, 7) is 3.55. The van der Waals surface area contributed by atoms with Gasteiger partial charge < -0.3 is 16.4 Å². The number of anilines is 1. The summed E-state index contributed by atoms with van der Waals surface area (Å²) < 4.78 is 12.9. The van der Waals surface area contributed by atoms with Gasteiger partial charge >= 0.3 is 0 Å². The van der Waals surface area contributed by atoms with E-state index in [2.05, 4.69) is 10.6 Å². The van der Waals surface area contributed by atoms with Crippen molar-refractivity contribution >= 4 is 17.5 Å². The number of rotatable bonds is 6. The number of amides is 2. The molecule has 1 aromatic carbocycles. The first kappa shape index (κ1) is 15.1. The van der Waals surface area contributed by atoms with E-state index in [0.717, 1.165) is 0 Å². The van der Waals surface area contributed by atoms with Crippen LogP contribution in [0.15, 0.2) is 24.3 Å². The first-order valence-electron chi connectivity index (χ1n) is 5.87. The molecule has 0 fully saturated rings. The highest BCUT2D eigenvalue weighted by atomic mass is 19.1. The van der Waals surface area contributed by atoms with Crippen molar-refractivity contribution in [3.63, 3.8) is 0 Å². The van der Waals surface area contributed by atoms with Gasteiger partial charge in [-0.1, -0.05) is 6.07 Å². The van der Waals surface area contributed by atoms with Gasteiger partial charge in [-0.25, -0.2) is 4.39 Å². The molecule has 4 N–H and O–H groups in total. The fraction of sp³-hybridized carbons (Fsp3) is 0.385.